The SMILES string of the molecule is CC=CC(=O)[O-].[Tl+]. The normalized spacial score (nSPS) is 8.14. The number of carbonyl (C=O) groups excluding carboxylic acids is 1. The Labute approximate surface area is 62.4 Å². The first-order valence-electron chi connectivity index (χ1n) is 1.61. The minimum Gasteiger partial charge on any atom is -0.545 e. The molecule has 0 bridgehead atoms. The number of allylic oxidation sites excluding steroid dienone is 1. The molecule has 0 unspecified atom stereocenters. The molecule has 0 N–H and O–H groups in total. The molecule has 0 fully saturated rings. The molecule has 7 heavy (non-hydrogen) atoms. The molecule has 2 nitrogen and oxygen atoms in total. The summed E-state index contributed by atoms with van der Waals surface area (Å²) in [4.78, 5) is 9.40. The quantitative estimate of drug-likeness (QED) is 0.456. The van der Waals surface area contributed by atoms with Crippen LogP contribution in [-0.2, 0) is 4.79 Å². The number of hydrogen-bond acceptors (Lipinski definition) is 2. The van der Waals surface area contributed by atoms with Gasteiger partial charge in [0.25, 0.3) is 0 Å². The standard InChI is InChI=1S/C4H6O2.Tl/c1-2-3-4(5)6;/h2-3H,1H3,(H,5,6);/q;+1/p-1. The van der Waals surface area contributed by atoms with Crippen LogP contribution in [0.1, 0.15) is 6.92 Å². The van der Waals surface area contributed by atoms with E-state index in [1.54, 1.807) is 6.92 Å². The van der Waals surface area contributed by atoms with E-state index in [1.165, 1.54) is 6.08 Å². The van der Waals surface area contributed by atoms with E-state index in [9.17, 15) is 9.90 Å². The van der Waals surface area contributed by atoms with Gasteiger partial charge in [-0.2, -0.15) is 0 Å². The van der Waals surface area contributed by atoms with E-state index in [2.05, 4.69) is 0 Å². The summed E-state index contributed by atoms with van der Waals surface area (Å²) in [5.74, 6) is -1.14. The Morgan fingerprint density at radius 3 is 2.14 bits per heavy atom. The fourth-order valence-corrected chi connectivity index (χ4v) is 0.136. The van der Waals surface area contributed by atoms with Gasteiger partial charge in [0.2, 0.25) is 0 Å². The number of aliphatic carboxylic acids is 1. The molecular weight excluding hydrogens is 284 g/mol. The summed E-state index contributed by atoms with van der Waals surface area (Å²) in [5.41, 5.74) is 0. The molecule has 36 valence electrons. The Balaban J connectivity index is 0. The molecule has 0 aromatic heterocycles. The van der Waals surface area contributed by atoms with Crippen molar-refractivity contribution >= 4 is 33.3 Å². The van der Waals surface area contributed by atoms with Crippen LogP contribution in [0.5, 0.6) is 0 Å². The Morgan fingerprint density at radius 2 is 2.14 bits per heavy atom. The van der Waals surface area contributed by atoms with E-state index in [-0.39, 0.29) is 27.3 Å². The smallest absolute Gasteiger partial charge is 0.545 e. The maximum atomic E-state index is 9.40. The van der Waals surface area contributed by atoms with Crippen LogP contribution < -0.4 is 5.11 Å². The molecule has 3 heteroatoms. The molecule has 0 amide bonds. The predicted octanol–water partition coefficient (Wildman–Crippen LogP) is -1.07. The first-order valence-corrected chi connectivity index (χ1v) is 1.61. The zero-order valence-electron chi connectivity index (χ0n) is 4.05. The van der Waals surface area contributed by atoms with Crippen molar-refractivity contribution < 1.29 is 9.90 Å². The minimum absolute atomic E-state index is 0. The number of rotatable bonds is 1. The number of carbonyl (C=O) groups is 1. The molecule has 0 aromatic carbocycles. The second-order valence-corrected chi connectivity index (χ2v) is 0.819. The molecule has 0 rings (SSSR count). The molecule has 0 saturated carbocycles. The summed E-state index contributed by atoms with van der Waals surface area (Å²) in [5, 5.41) is 9.40. The second-order valence-electron chi connectivity index (χ2n) is 0.819. The van der Waals surface area contributed by atoms with Crippen LogP contribution in [0.4, 0.5) is 0 Å². The maximum Gasteiger partial charge on any atom is 1.00 e. The van der Waals surface area contributed by atoms with Gasteiger partial charge in [-0.1, -0.05) is 6.08 Å². The molecule has 0 aromatic rings. The van der Waals surface area contributed by atoms with Gasteiger partial charge in [0, 0.05) is 0 Å². The molecule has 0 atom stereocenters. The third kappa shape index (κ3) is 10.7. The molecule has 0 aliphatic rings. The monoisotopic (exact) mass is 290 g/mol. The van der Waals surface area contributed by atoms with Gasteiger partial charge in [-0.05, 0) is 13.0 Å². The molecule has 0 radical (unpaired) electrons. The molecule has 0 heterocycles. The van der Waals surface area contributed by atoms with E-state index in [0.29, 0.717) is 0 Å². The van der Waals surface area contributed by atoms with Gasteiger partial charge in [0.05, 0.1) is 5.97 Å². The Morgan fingerprint density at radius 1 is 1.71 bits per heavy atom. The molecule has 0 saturated heterocycles. The summed E-state index contributed by atoms with van der Waals surface area (Å²) in [6.45, 7) is 1.62. The van der Waals surface area contributed by atoms with Crippen LogP contribution in [0.15, 0.2) is 12.2 Å². The number of carboxylic acids is 1. The Kier molecular flexibility index (Phi) is 8.92. The third-order valence-electron chi connectivity index (χ3n) is 0.303. The van der Waals surface area contributed by atoms with Gasteiger partial charge in [-0.3, -0.25) is 0 Å². The van der Waals surface area contributed by atoms with Crippen LogP contribution in [0, 0.1) is 0 Å². The summed E-state index contributed by atoms with van der Waals surface area (Å²) in [7, 11) is 0. The summed E-state index contributed by atoms with van der Waals surface area (Å²) < 4.78 is 0. The fourth-order valence-electron chi connectivity index (χ4n) is 0.136. The first kappa shape index (κ1) is 10.2. The Bertz CT molecular complexity index is 77.8. The largest absolute Gasteiger partial charge is 1.00 e. The summed E-state index contributed by atoms with van der Waals surface area (Å²) in [6.07, 6.45) is 2.38. The predicted molar refractivity (Wildman–Crippen MR) is 25.6 cm³/mol. The first-order chi connectivity index (χ1) is 2.77. The third-order valence-corrected chi connectivity index (χ3v) is 0.303. The minimum atomic E-state index is -1.14. The van der Waals surface area contributed by atoms with Gasteiger partial charge in [0.15, 0.2) is 0 Å². The molecule has 0 spiro atoms. The van der Waals surface area contributed by atoms with E-state index in [4.69, 9.17) is 0 Å². The van der Waals surface area contributed by atoms with Crippen molar-refractivity contribution in [2.45, 2.75) is 6.92 Å². The van der Waals surface area contributed by atoms with Crippen molar-refractivity contribution in [1.29, 1.82) is 0 Å². The van der Waals surface area contributed by atoms with Crippen molar-refractivity contribution in [3.63, 3.8) is 0 Å². The maximum absolute atomic E-state index is 9.40. The van der Waals surface area contributed by atoms with E-state index in [1.807, 2.05) is 0 Å². The molecule has 0 aliphatic carbocycles. The van der Waals surface area contributed by atoms with Gasteiger partial charge >= 0.3 is 27.3 Å². The average molecular weight is 289 g/mol. The van der Waals surface area contributed by atoms with Gasteiger partial charge in [-0.25, -0.2) is 0 Å². The van der Waals surface area contributed by atoms with Gasteiger partial charge in [-0.15, -0.1) is 0 Å². The van der Waals surface area contributed by atoms with Crippen LogP contribution in [0.3, 0.4) is 0 Å². The van der Waals surface area contributed by atoms with Crippen LogP contribution in [-0.4, -0.2) is 33.3 Å². The number of carboxylic acid groups (broad SMARTS) is 1. The molecule has 0 aliphatic heterocycles. The van der Waals surface area contributed by atoms with E-state index in [0.717, 1.165) is 6.08 Å². The zero-order chi connectivity index (χ0) is 4.99. The summed E-state index contributed by atoms with van der Waals surface area (Å²) in [6, 6.07) is 0. The number of hydrogen-bond donors (Lipinski definition) is 0. The van der Waals surface area contributed by atoms with Crippen molar-refractivity contribution in [2.75, 3.05) is 0 Å². The van der Waals surface area contributed by atoms with E-state index < -0.39 is 5.97 Å². The fraction of sp³-hybridized carbons (Fsp3) is 0.250. The van der Waals surface area contributed by atoms with Crippen LogP contribution in [0.25, 0.3) is 0 Å². The van der Waals surface area contributed by atoms with Gasteiger partial charge in [0.1, 0.15) is 0 Å². The van der Waals surface area contributed by atoms with E-state index >= 15 is 0 Å². The van der Waals surface area contributed by atoms with Crippen LogP contribution >= 0.6 is 0 Å². The van der Waals surface area contributed by atoms with Crippen molar-refractivity contribution in [3.8, 4) is 0 Å². The van der Waals surface area contributed by atoms with Crippen molar-refractivity contribution in [3.05, 3.63) is 12.2 Å². The average Bonchev–Trinajstić information content (AvgIpc) is 1.35. The summed E-state index contributed by atoms with van der Waals surface area (Å²) >= 11 is 0. The zero-order valence-corrected chi connectivity index (χ0v) is 8.54. The second kappa shape index (κ2) is 6.13. The van der Waals surface area contributed by atoms with Gasteiger partial charge < -0.3 is 9.90 Å². The topological polar surface area (TPSA) is 40.1 Å². The Hall–Kier alpha value is 0.132. The van der Waals surface area contributed by atoms with Crippen LogP contribution in [0.2, 0.25) is 0 Å². The van der Waals surface area contributed by atoms with Crippen molar-refractivity contribution in [1.82, 2.24) is 0 Å². The van der Waals surface area contributed by atoms with Crippen molar-refractivity contribution in [2.24, 2.45) is 0 Å². The molecular formula is C4H5O2Tl.